The fourth-order valence-corrected chi connectivity index (χ4v) is 2.60. The first-order chi connectivity index (χ1) is 10.6. The highest BCUT2D eigenvalue weighted by atomic mass is 16.4. The van der Waals surface area contributed by atoms with Gasteiger partial charge in [-0.25, -0.2) is 0 Å². The number of quaternary nitrogens is 1. The van der Waals surface area contributed by atoms with Gasteiger partial charge in [0.25, 0.3) is 0 Å². The molecule has 0 saturated carbocycles. The van der Waals surface area contributed by atoms with Gasteiger partial charge in [0.2, 0.25) is 5.91 Å². The second kappa shape index (κ2) is 9.91. The Morgan fingerprint density at radius 2 is 1.61 bits per heavy atom. The number of carboxylic acid groups (broad SMARTS) is 1. The highest BCUT2D eigenvalue weighted by Gasteiger charge is 2.44. The van der Waals surface area contributed by atoms with Crippen LogP contribution in [0.4, 0.5) is 0 Å². The molecule has 0 fully saturated rings. The minimum absolute atomic E-state index is 0.0142. The zero-order chi connectivity index (χ0) is 18.1. The Morgan fingerprint density at radius 1 is 1.04 bits per heavy atom. The van der Waals surface area contributed by atoms with Crippen LogP contribution in [0.5, 0.6) is 0 Å². The predicted octanol–water partition coefficient (Wildman–Crippen LogP) is 2.19. The number of nitrogens with zero attached hydrogens (tertiary/aromatic N) is 1. The summed E-state index contributed by atoms with van der Waals surface area (Å²) in [7, 11) is 3.69. The van der Waals surface area contributed by atoms with E-state index in [1.54, 1.807) is 13.8 Å². The van der Waals surface area contributed by atoms with E-state index in [-0.39, 0.29) is 16.6 Å². The molecule has 0 spiro atoms. The Hall–Kier alpha value is -1.10. The average molecular weight is 328 g/mol. The monoisotopic (exact) mass is 328 g/mol. The maximum Gasteiger partial charge on any atom is 0.224 e. The van der Waals surface area contributed by atoms with Crippen LogP contribution < -0.4 is 10.4 Å². The topological polar surface area (TPSA) is 69.2 Å². The number of carbonyl (C=O) groups is 2. The van der Waals surface area contributed by atoms with Gasteiger partial charge in [0.1, 0.15) is 11.5 Å². The Labute approximate surface area is 142 Å². The normalized spacial score (nSPS) is 13.7. The van der Waals surface area contributed by atoms with Crippen molar-refractivity contribution in [1.82, 2.24) is 5.32 Å². The number of rotatable bonds is 12. The molecule has 0 aliphatic heterocycles. The maximum absolute atomic E-state index is 12.2. The molecule has 1 amide bonds. The van der Waals surface area contributed by atoms with E-state index in [1.165, 1.54) is 19.3 Å². The van der Waals surface area contributed by atoms with Gasteiger partial charge in [0, 0.05) is 12.8 Å². The lowest BCUT2D eigenvalue weighted by atomic mass is 9.98. The number of carboxylic acids is 1. The van der Waals surface area contributed by atoms with Crippen molar-refractivity contribution in [2.45, 2.75) is 90.8 Å². The third kappa shape index (κ3) is 6.50. The molecule has 0 aliphatic carbocycles. The fraction of sp³-hybridized carbons (Fsp3) is 0.889. The summed E-state index contributed by atoms with van der Waals surface area (Å²) in [5.41, 5.74) is -1.08. The molecule has 1 unspecified atom stereocenters. The molecule has 136 valence electrons. The number of aliphatic carboxylic acids is 1. The van der Waals surface area contributed by atoms with Crippen LogP contribution in [0.1, 0.15) is 79.1 Å². The van der Waals surface area contributed by atoms with Crippen molar-refractivity contribution >= 4 is 11.9 Å². The van der Waals surface area contributed by atoms with E-state index in [2.05, 4.69) is 12.2 Å². The van der Waals surface area contributed by atoms with Gasteiger partial charge < -0.3 is 15.2 Å². The highest BCUT2D eigenvalue weighted by Crippen LogP contribution is 2.25. The maximum atomic E-state index is 12.2. The summed E-state index contributed by atoms with van der Waals surface area (Å²) in [4.78, 5) is 23.7. The second-order valence-electron chi connectivity index (χ2n) is 7.42. The number of nitrogens with one attached hydrogen (secondary N) is 1. The van der Waals surface area contributed by atoms with Gasteiger partial charge in [0.15, 0.2) is 6.17 Å². The summed E-state index contributed by atoms with van der Waals surface area (Å²) in [5, 5.41) is 14.5. The van der Waals surface area contributed by atoms with Gasteiger partial charge in [-0.2, -0.15) is 0 Å². The lowest BCUT2D eigenvalue weighted by molar-refractivity contribution is -0.955. The molecule has 0 aromatic carbocycles. The van der Waals surface area contributed by atoms with Gasteiger partial charge in [-0.05, 0) is 26.7 Å². The first kappa shape index (κ1) is 21.9. The molecule has 1 N–H and O–H groups in total. The SMILES string of the molecule is CCCCCCCC(=O)NC(CCC)[N+](C)(C)C(C)(C)C(=O)[O-]. The second-order valence-corrected chi connectivity index (χ2v) is 7.42. The van der Waals surface area contributed by atoms with Crippen LogP contribution in [0.2, 0.25) is 0 Å². The van der Waals surface area contributed by atoms with Crippen LogP contribution in [-0.2, 0) is 9.59 Å². The lowest BCUT2D eigenvalue weighted by Crippen LogP contribution is -2.71. The molecule has 0 aliphatic rings. The molecule has 0 heterocycles. The number of carbonyl (C=O) groups excluding carboxylic acids is 2. The summed E-state index contributed by atoms with van der Waals surface area (Å²) in [6.07, 6.45) is 7.44. The smallest absolute Gasteiger partial charge is 0.224 e. The quantitative estimate of drug-likeness (QED) is 0.339. The summed E-state index contributed by atoms with van der Waals surface area (Å²) in [6, 6.07) is 0. The van der Waals surface area contributed by atoms with Crippen molar-refractivity contribution in [3.05, 3.63) is 0 Å². The Bertz CT molecular complexity index is 378. The summed E-state index contributed by atoms with van der Waals surface area (Å²) in [5.74, 6) is -1.09. The number of hydrogen-bond acceptors (Lipinski definition) is 3. The zero-order valence-corrected chi connectivity index (χ0v) is 15.9. The van der Waals surface area contributed by atoms with Crippen LogP contribution in [0, 0.1) is 0 Å². The van der Waals surface area contributed by atoms with Gasteiger partial charge >= 0.3 is 0 Å². The van der Waals surface area contributed by atoms with E-state index in [0.717, 1.165) is 25.7 Å². The van der Waals surface area contributed by atoms with Gasteiger partial charge in [0.05, 0.1) is 14.1 Å². The van der Waals surface area contributed by atoms with Gasteiger partial charge in [-0.3, -0.25) is 9.28 Å². The molecule has 0 bridgehead atoms. The van der Waals surface area contributed by atoms with Gasteiger partial charge in [-0.1, -0.05) is 39.5 Å². The molecule has 0 rings (SSSR count). The number of unbranched alkanes of at least 4 members (excludes halogenated alkanes) is 4. The Morgan fingerprint density at radius 3 is 2.09 bits per heavy atom. The van der Waals surface area contributed by atoms with Crippen molar-refractivity contribution in [3.63, 3.8) is 0 Å². The Balaban J connectivity index is 4.73. The van der Waals surface area contributed by atoms with Crippen molar-refractivity contribution < 1.29 is 19.2 Å². The zero-order valence-electron chi connectivity index (χ0n) is 15.9. The number of likely N-dealkylation sites (N-methyl/N-ethyl adjacent to an activating group) is 1. The van der Waals surface area contributed by atoms with Gasteiger partial charge in [-0.15, -0.1) is 0 Å². The standard InChI is InChI=1S/C18H36N2O3/c1-7-9-10-11-12-14-16(21)19-15(13-8-2)20(5,6)18(3,4)17(22)23/h15H,7-14H2,1-6H3,(H-,19,21,22,23). The third-order valence-electron chi connectivity index (χ3n) is 5.12. The molecule has 0 aromatic heterocycles. The van der Waals surface area contributed by atoms with E-state index in [1.807, 2.05) is 21.0 Å². The summed E-state index contributed by atoms with van der Waals surface area (Å²) >= 11 is 0. The van der Waals surface area contributed by atoms with Crippen LogP contribution in [0.3, 0.4) is 0 Å². The van der Waals surface area contributed by atoms with Crippen molar-refractivity contribution in [1.29, 1.82) is 0 Å². The van der Waals surface area contributed by atoms with Crippen LogP contribution >= 0.6 is 0 Å². The van der Waals surface area contributed by atoms with Crippen molar-refractivity contribution in [2.75, 3.05) is 14.1 Å². The largest absolute Gasteiger partial charge is 0.544 e. The first-order valence-corrected chi connectivity index (χ1v) is 8.95. The summed E-state index contributed by atoms with van der Waals surface area (Å²) in [6.45, 7) is 7.51. The predicted molar refractivity (Wildman–Crippen MR) is 91.4 cm³/mol. The van der Waals surface area contributed by atoms with E-state index in [4.69, 9.17) is 0 Å². The van der Waals surface area contributed by atoms with Crippen LogP contribution in [0.15, 0.2) is 0 Å². The molecular weight excluding hydrogens is 292 g/mol. The van der Waals surface area contributed by atoms with E-state index in [9.17, 15) is 14.7 Å². The van der Waals surface area contributed by atoms with Crippen LogP contribution in [0.25, 0.3) is 0 Å². The molecule has 5 nitrogen and oxygen atoms in total. The number of amides is 1. The van der Waals surface area contributed by atoms with E-state index < -0.39 is 11.5 Å². The average Bonchev–Trinajstić information content (AvgIpc) is 2.46. The minimum atomic E-state index is -1.10. The number of hydrogen-bond donors (Lipinski definition) is 1. The molecular formula is C18H36N2O3. The van der Waals surface area contributed by atoms with E-state index in [0.29, 0.717) is 6.42 Å². The first-order valence-electron chi connectivity index (χ1n) is 8.95. The molecule has 0 saturated heterocycles. The minimum Gasteiger partial charge on any atom is -0.544 e. The van der Waals surface area contributed by atoms with Crippen molar-refractivity contribution in [3.8, 4) is 0 Å². The third-order valence-corrected chi connectivity index (χ3v) is 5.12. The van der Waals surface area contributed by atoms with Crippen LogP contribution in [-0.4, -0.2) is 42.2 Å². The highest BCUT2D eigenvalue weighted by molar-refractivity contribution is 5.76. The fourth-order valence-electron chi connectivity index (χ4n) is 2.60. The molecule has 5 heteroatoms. The summed E-state index contributed by atoms with van der Waals surface area (Å²) < 4.78 is 0.171. The Kier molecular flexibility index (Phi) is 9.44. The van der Waals surface area contributed by atoms with Crippen molar-refractivity contribution in [2.24, 2.45) is 0 Å². The molecule has 23 heavy (non-hydrogen) atoms. The molecule has 0 radical (unpaired) electrons. The molecule has 0 aromatic rings. The van der Waals surface area contributed by atoms with E-state index >= 15 is 0 Å². The lowest BCUT2D eigenvalue weighted by Gasteiger charge is -2.49. The molecule has 1 atom stereocenters.